The molecule has 0 aliphatic carbocycles. The van der Waals surface area contributed by atoms with Crippen LogP contribution in [0.1, 0.15) is 0 Å². The summed E-state index contributed by atoms with van der Waals surface area (Å²) in [7, 11) is 0. The third kappa shape index (κ3) is 1.10. The summed E-state index contributed by atoms with van der Waals surface area (Å²) in [5.74, 6) is 0. The van der Waals surface area contributed by atoms with E-state index in [1.807, 2.05) is 12.2 Å². The molecule has 1 aliphatic rings. The van der Waals surface area contributed by atoms with Gasteiger partial charge in [0.2, 0.25) is 0 Å². The van der Waals surface area contributed by atoms with Crippen molar-refractivity contribution in [1.82, 2.24) is 5.32 Å². The summed E-state index contributed by atoms with van der Waals surface area (Å²) in [6.45, 7) is 1.54. The zero-order valence-corrected chi connectivity index (χ0v) is 4.72. The van der Waals surface area contributed by atoms with E-state index in [2.05, 4.69) is 11.4 Å². The molecule has 0 atom stereocenters. The summed E-state index contributed by atoms with van der Waals surface area (Å²) in [5, 5.41) is 3.12. The van der Waals surface area contributed by atoms with Gasteiger partial charge in [-0.25, -0.2) is 0 Å². The molecular formula is C6H10N2. The zero-order valence-electron chi connectivity index (χ0n) is 4.72. The largest absolute Gasteiger partial charge is 0.384 e. The second-order valence-corrected chi connectivity index (χ2v) is 1.71. The molecule has 0 bridgehead atoms. The first-order valence-corrected chi connectivity index (χ1v) is 2.73. The van der Waals surface area contributed by atoms with Gasteiger partial charge in [0.15, 0.2) is 0 Å². The van der Waals surface area contributed by atoms with Crippen LogP contribution in [0.4, 0.5) is 0 Å². The number of nitrogens with two attached hydrogens (primary N) is 1. The second kappa shape index (κ2) is 2.52. The van der Waals surface area contributed by atoms with Gasteiger partial charge >= 0.3 is 0 Å². The fourth-order valence-corrected chi connectivity index (χ4v) is 0.641. The van der Waals surface area contributed by atoms with E-state index in [0.717, 1.165) is 12.2 Å². The van der Waals surface area contributed by atoms with E-state index in [0.29, 0.717) is 6.54 Å². The smallest absolute Gasteiger partial charge is 0.0331 e. The Morgan fingerprint density at radius 3 is 3.00 bits per heavy atom. The normalized spacial score (nSPS) is 17.4. The highest BCUT2D eigenvalue weighted by atomic mass is 14.9. The molecule has 0 amide bonds. The number of rotatable bonds is 1. The van der Waals surface area contributed by atoms with Gasteiger partial charge in [-0.05, 0) is 6.08 Å². The molecule has 0 spiro atoms. The molecule has 2 nitrogen and oxygen atoms in total. The van der Waals surface area contributed by atoms with Gasteiger partial charge in [-0.2, -0.15) is 0 Å². The van der Waals surface area contributed by atoms with Crippen molar-refractivity contribution in [3.05, 3.63) is 23.9 Å². The molecule has 0 aromatic rings. The molecule has 44 valence electrons. The molecule has 0 fully saturated rings. The quantitative estimate of drug-likeness (QED) is 0.498. The highest BCUT2D eigenvalue weighted by Crippen LogP contribution is 1.91. The molecule has 1 rings (SSSR count). The van der Waals surface area contributed by atoms with Gasteiger partial charge in [-0.15, -0.1) is 0 Å². The van der Waals surface area contributed by atoms with Crippen molar-refractivity contribution in [2.24, 2.45) is 5.73 Å². The van der Waals surface area contributed by atoms with E-state index in [1.54, 1.807) is 0 Å². The molecule has 0 aromatic carbocycles. The van der Waals surface area contributed by atoms with E-state index in [4.69, 9.17) is 5.73 Å². The van der Waals surface area contributed by atoms with E-state index < -0.39 is 0 Å². The Hall–Kier alpha value is -0.760. The lowest BCUT2D eigenvalue weighted by Gasteiger charge is -2.07. The van der Waals surface area contributed by atoms with Crippen LogP contribution in [-0.4, -0.2) is 13.1 Å². The molecule has 0 radical (unpaired) electrons. The molecule has 1 aliphatic heterocycles. The Labute approximate surface area is 49.1 Å². The fourth-order valence-electron chi connectivity index (χ4n) is 0.641. The van der Waals surface area contributed by atoms with E-state index >= 15 is 0 Å². The summed E-state index contributed by atoms with van der Waals surface area (Å²) in [6.07, 6.45) is 6.06. The Bertz CT molecular complexity index is 124. The van der Waals surface area contributed by atoms with Crippen molar-refractivity contribution in [3.8, 4) is 0 Å². The summed E-state index contributed by atoms with van der Waals surface area (Å²) < 4.78 is 0. The predicted octanol–water partition coefficient (Wildman–Crippen LogP) is -0.0116. The first-order valence-electron chi connectivity index (χ1n) is 2.73. The number of nitrogens with one attached hydrogen (secondary N) is 1. The van der Waals surface area contributed by atoms with Crippen LogP contribution in [0.3, 0.4) is 0 Å². The molecule has 0 aromatic heterocycles. The fraction of sp³-hybridized carbons (Fsp3) is 0.333. The van der Waals surface area contributed by atoms with Gasteiger partial charge in [0.05, 0.1) is 0 Å². The summed E-state index contributed by atoms with van der Waals surface area (Å²) in [6, 6.07) is 0. The molecule has 0 saturated heterocycles. The van der Waals surface area contributed by atoms with Gasteiger partial charge in [0.25, 0.3) is 0 Å². The van der Waals surface area contributed by atoms with Crippen molar-refractivity contribution in [2.75, 3.05) is 13.1 Å². The minimum Gasteiger partial charge on any atom is -0.384 e. The lowest BCUT2D eigenvalue weighted by atomic mass is 10.3. The third-order valence-corrected chi connectivity index (χ3v) is 1.10. The monoisotopic (exact) mass is 110 g/mol. The van der Waals surface area contributed by atoms with Gasteiger partial charge in [0, 0.05) is 18.8 Å². The lowest BCUT2D eigenvalue weighted by molar-refractivity contribution is 0.852. The van der Waals surface area contributed by atoms with E-state index in [9.17, 15) is 0 Å². The minimum absolute atomic E-state index is 0.615. The number of hydrogen-bond acceptors (Lipinski definition) is 2. The predicted molar refractivity (Wildman–Crippen MR) is 34.3 cm³/mol. The molecular weight excluding hydrogens is 100 g/mol. The average molecular weight is 110 g/mol. The van der Waals surface area contributed by atoms with Gasteiger partial charge in [-0.1, -0.05) is 12.2 Å². The lowest BCUT2D eigenvalue weighted by Crippen LogP contribution is -2.21. The van der Waals surface area contributed by atoms with Crippen LogP contribution in [0.15, 0.2) is 23.9 Å². The molecule has 0 saturated carbocycles. The van der Waals surface area contributed by atoms with Crippen molar-refractivity contribution in [2.45, 2.75) is 0 Å². The van der Waals surface area contributed by atoms with Crippen LogP contribution in [-0.2, 0) is 0 Å². The number of allylic oxidation sites excluding steroid dienone is 2. The summed E-state index contributed by atoms with van der Waals surface area (Å²) >= 11 is 0. The van der Waals surface area contributed by atoms with Crippen LogP contribution < -0.4 is 11.1 Å². The zero-order chi connectivity index (χ0) is 5.82. The van der Waals surface area contributed by atoms with Crippen LogP contribution in [0.5, 0.6) is 0 Å². The van der Waals surface area contributed by atoms with Crippen LogP contribution in [0.2, 0.25) is 0 Å². The Morgan fingerprint density at radius 2 is 2.62 bits per heavy atom. The van der Waals surface area contributed by atoms with Crippen molar-refractivity contribution >= 4 is 0 Å². The van der Waals surface area contributed by atoms with Gasteiger partial charge in [-0.3, -0.25) is 0 Å². The number of hydrogen-bond donors (Lipinski definition) is 2. The summed E-state index contributed by atoms with van der Waals surface area (Å²) in [5.41, 5.74) is 6.46. The standard InChI is InChI=1S/C6H10N2/c7-5-6-3-1-2-4-8-6/h1-3,8H,4-5,7H2. The van der Waals surface area contributed by atoms with Crippen molar-refractivity contribution < 1.29 is 0 Å². The molecule has 8 heavy (non-hydrogen) atoms. The van der Waals surface area contributed by atoms with Crippen LogP contribution >= 0.6 is 0 Å². The number of dihydropyridines is 1. The van der Waals surface area contributed by atoms with Gasteiger partial charge in [0.1, 0.15) is 0 Å². The SMILES string of the molecule is NCC1=CC=CCN1. The topological polar surface area (TPSA) is 38.0 Å². The Kier molecular flexibility index (Phi) is 1.70. The van der Waals surface area contributed by atoms with E-state index in [1.165, 1.54) is 0 Å². The maximum absolute atomic E-state index is 5.34. The van der Waals surface area contributed by atoms with Crippen molar-refractivity contribution in [3.63, 3.8) is 0 Å². The van der Waals surface area contributed by atoms with Crippen LogP contribution in [0.25, 0.3) is 0 Å². The molecule has 0 unspecified atom stereocenters. The minimum atomic E-state index is 0.615. The summed E-state index contributed by atoms with van der Waals surface area (Å²) in [4.78, 5) is 0. The maximum Gasteiger partial charge on any atom is 0.0331 e. The Morgan fingerprint density at radius 1 is 1.75 bits per heavy atom. The average Bonchev–Trinajstić information content (AvgIpc) is 1.90. The molecule has 1 heterocycles. The van der Waals surface area contributed by atoms with Crippen LogP contribution in [0, 0.1) is 0 Å². The first-order chi connectivity index (χ1) is 3.93. The third-order valence-electron chi connectivity index (χ3n) is 1.10. The molecule has 3 N–H and O–H groups in total. The molecule has 2 heteroatoms. The van der Waals surface area contributed by atoms with E-state index in [-0.39, 0.29) is 0 Å². The Balaban J connectivity index is 2.50. The maximum atomic E-state index is 5.34. The van der Waals surface area contributed by atoms with Crippen molar-refractivity contribution in [1.29, 1.82) is 0 Å². The second-order valence-electron chi connectivity index (χ2n) is 1.71. The highest BCUT2D eigenvalue weighted by molar-refractivity contribution is 5.17. The first kappa shape index (κ1) is 5.38. The highest BCUT2D eigenvalue weighted by Gasteiger charge is 1.91. The van der Waals surface area contributed by atoms with Gasteiger partial charge < -0.3 is 11.1 Å².